The largest absolute Gasteiger partial charge is 0.497 e. The van der Waals surface area contributed by atoms with Crippen LogP contribution < -0.4 is 10.5 Å². The Balaban J connectivity index is 2.47. The van der Waals surface area contributed by atoms with Gasteiger partial charge in [0.2, 0.25) is 0 Å². The van der Waals surface area contributed by atoms with E-state index in [9.17, 15) is 0 Å². The second-order valence-electron chi connectivity index (χ2n) is 4.49. The van der Waals surface area contributed by atoms with Gasteiger partial charge in [-0.1, -0.05) is 23.0 Å². The van der Waals surface area contributed by atoms with Gasteiger partial charge in [0.15, 0.2) is 5.84 Å². The topological polar surface area (TPSA) is 80.7 Å². The van der Waals surface area contributed by atoms with Crippen LogP contribution >= 0.6 is 11.8 Å². The molecule has 0 saturated carbocycles. The Hall–Kier alpha value is -2.21. The van der Waals surface area contributed by atoms with Crippen LogP contribution in [0.15, 0.2) is 45.3 Å². The molecule has 21 heavy (non-hydrogen) atoms. The quantitative estimate of drug-likeness (QED) is 0.393. The summed E-state index contributed by atoms with van der Waals surface area (Å²) >= 11 is 1.52. The molecular weight excluding hydrogens is 286 g/mol. The molecule has 0 bridgehead atoms. The summed E-state index contributed by atoms with van der Waals surface area (Å²) < 4.78 is 5.22. The average molecular weight is 303 g/mol. The van der Waals surface area contributed by atoms with Gasteiger partial charge in [-0.3, -0.25) is 4.98 Å². The normalized spacial score (nSPS) is 11.5. The van der Waals surface area contributed by atoms with E-state index >= 15 is 0 Å². The first-order chi connectivity index (χ1) is 10.0. The van der Waals surface area contributed by atoms with Gasteiger partial charge in [-0.2, -0.15) is 0 Å². The molecule has 0 radical (unpaired) electrons. The van der Waals surface area contributed by atoms with Crippen molar-refractivity contribution in [3.8, 4) is 5.75 Å². The number of ether oxygens (including phenoxy) is 1. The molecule has 2 rings (SSSR count). The van der Waals surface area contributed by atoms with Gasteiger partial charge in [-0.25, -0.2) is 0 Å². The zero-order chi connectivity index (χ0) is 15.4. The monoisotopic (exact) mass is 303 g/mol. The third kappa shape index (κ3) is 3.46. The summed E-state index contributed by atoms with van der Waals surface area (Å²) in [6, 6.07) is 9.65. The number of pyridine rings is 1. The maximum absolute atomic E-state index is 8.96. The van der Waals surface area contributed by atoms with Gasteiger partial charge in [0.25, 0.3) is 0 Å². The molecule has 0 aliphatic rings. The summed E-state index contributed by atoms with van der Waals surface area (Å²) in [5, 5.41) is 12.1. The number of methoxy groups -OCH3 is 1. The van der Waals surface area contributed by atoms with E-state index in [0.717, 1.165) is 26.9 Å². The predicted molar refractivity (Wildman–Crippen MR) is 83.3 cm³/mol. The van der Waals surface area contributed by atoms with Crippen LogP contribution in [0.2, 0.25) is 0 Å². The Morgan fingerprint density at radius 2 is 2.10 bits per heavy atom. The molecule has 0 fully saturated rings. The van der Waals surface area contributed by atoms with Gasteiger partial charge < -0.3 is 15.7 Å². The van der Waals surface area contributed by atoms with Crippen molar-refractivity contribution in [3.63, 3.8) is 0 Å². The standard InChI is InChI=1S/C15H17N3O2S/c1-9-7-13(14(10(2)17-9)15(16)18-19)21-12-6-4-5-11(8-12)20-3/h4-8,19H,1-3H3,(H2,16,18). The Morgan fingerprint density at radius 3 is 2.76 bits per heavy atom. The van der Waals surface area contributed by atoms with E-state index in [1.807, 2.05) is 44.2 Å². The molecule has 0 aliphatic carbocycles. The third-order valence-electron chi connectivity index (χ3n) is 2.93. The molecule has 5 nitrogen and oxygen atoms in total. The lowest BCUT2D eigenvalue weighted by Gasteiger charge is -2.12. The maximum atomic E-state index is 8.96. The van der Waals surface area contributed by atoms with Gasteiger partial charge in [-0.15, -0.1) is 0 Å². The van der Waals surface area contributed by atoms with Crippen molar-refractivity contribution in [2.24, 2.45) is 10.9 Å². The van der Waals surface area contributed by atoms with Crippen molar-refractivity contribution in [3.05, 3.63) is 47.3 Å². The number of oxime groups is 1. The minimum absolute atomic E-state index is 0.0606. The van der Waals surface area contributed by atoms with Crippen molar-refractivity contribution in [2.45, 2.75) is 23.6 Å². The van der Waals surface area contributed by atoms with Crippen LogP contribution in [0.3, 0.4) is 0 Å². The number of nitrogens with zero attached hydrogens (tertiary/aromatic N) is 2. The summed E-state index contributed by atoms with van der Waals surface area (Å²) in [4.78, 5) is 6.27. The van der Waals surface area contributed by atoms with Crippen molar-refractivity contribution >= 4 is 17.6 Å². The molecule has 0 aliphatic heterocycles. The van der Waals surface area contributed by atoms with E-state index in [4.69, 9.17) is 15.7 Å². The molecule has 0 unspecified atom stereocenters. The Bertz CT molecular complexity index is 687. The Kier molecular flexibility index (Phi) is 4.70. The lowest BCUT2D eigenvalue weighted by Crippen LogP contribution is -2.17. The van der Waals surface area contributed by atoms with Gasteiger partial charge >= 0.3 is 0 Å². The van der Waals surface area contributed by atoms with Crippen molar-refractivity contribution < 1.29 is 9.94 Å². The van der Waals surface area contributed by atoms with E-state index in [1.54, 1.807) is 7.11 Å². The highest BCUT2D eigenvalue weighted by molar-refractivity contribution is 7.99. The average Bonchev–Trinajstić information content (AvgIpc) is 2.46. The molecule has 0 atom stereocenters. The number of hydrogen-bond donors (Lipinski definition) is 2. The molecule has 1 heterocycles. The van der Waals surface area contributed by atoms with Crippen LogP contribution in [0, 0.1) is 13.8 Å². The van der Waals surface area contributed by atoms with Gasteiger partial charge in [0.05, 0.1) is 12.7 Å². The van der Waals surface area contributed by atoms with Gasteiger partial charge in [0, 0.05) is 21.2 Å². The first kappa shape index (κ1) is 15.2. The fourth-order valence-corrected chi connectivity index (χ4v) is 3.19. The smallest absolute Gasteiger partial charge is 0.173 e. The highest BCUT2D eigenvalue weighted by atomic mass is 32.2. The molecule has 110 valence electrons. The first-order valence-electron chi connectivity index (χ1n) is 6.33. The van der Waals surface area contributed by atoms with E-state index < -0.39 is 0 Å². The summed E-state index contributed by atoms with van der Waals surface area (Å²) in [6.07, 6.45) is 0. The van der Waals surface area contributed by atoms with Crippen LogP contribution in [-0.4, -0.2) is 23.1 Å². The fourth-order valence-electron chi connectivity index (χ4n) is 2.03. The number of rotatable bonds is 4. The minimum Gasteiger partial charge on any atom is -0.497 e. The zero-order valence-electron chi connectivity index (χ0n) is 12.1. The number of amidine groups is 1. The Morgan fingerprint density at radius 1 is 1.33 bits per heavy atom. The van der Waals surface area contributed by atoms with Crippen molar-refractivity contribution in [2.75, 3.05) is 7.11 Å². The van der Waals surface area contributed by atoms with E-state index in [2.05, 4.69) is 10.1 Å². The molecule has 0 saturated heterocycles. The molecule has 3 N–H and O–H groups in total. The highest BCUT2D eigenvalue weighted by Gasteiger charge is 2.14. The molecule has 1 aromatic carbocycles. The molecule has 1 aromatic heterocycles. The summed E-state index contributed by atoms with van der Waals surface area (Å²) in [7, 11) is 1.63. The van der Waals surface area contributed by atoms with Crippen LogP contribution in [-0.2, 0) is 0 Å². The van der Waals surface area contributed by atoms with E-state index in [1.165, 1.54) is 11.8 Å². The number of benzene rings is 1. The molecular formula is C15H17N3O2S. The first-order valence-corrected chi connectivity index (χ1v) is 7.15. The number of nitrogens with two attached hydrogens (primary N) is 1. The molecule has 2 aromatic rings. The second-order valence-corrected chi connectivity index (χ2v) is 5.60. The molecule has 0 spiro atoms. The number of aromatic nitrogens is 1. The Labute approximate surface area is 127 Å². The van der Waals surface area contributed by atoms with E-state index in [0.29, 0.717) is 5.56 Å². The molecule has 6 heteroatoms. The zero-order valence-corrected chi connectivity index (χ0v) is 12.9. The molecule has 0 amide bonds. The predicted octanol–water partition coefficient (Wildman–Crippen LogP) is 2.95. The summed E-state index contributed by atoms with van der Waals surface area (Å²) in [5.41, 5.74) is 8.04. The van der Waals surface area contributed by atoms with Gasteiger partial charge in [-0.05, 0) is 38.1 Å². The van der Waals surface area contributed by atoms with Crippen LogP contribution in [0.5, 0.6) is 5.75 Å². The SMILES string of the molecule is COc1cccc(Sc2cc(C)nc(C)c2/C(N)=N/O)c1. The summed E-state index contributed by atoms with van der Waals surface area (Å²) in [6.45, 7) is 3.76. The second kappa shape index (κ2) is 6.49. The maximum Gasteiger partial charge on any atom is 0.173 e. The lowest BCUT2D eigenvalue weighted by atomic mass is 10.1. The lowest BCUT2D eigenvalue weighted by molar-refractivity contribution is 0.318. The van der Waals surface area contributed by atoms with Crippen LogP contribution in [0.4, 0.5) is 0 Å². The highest BCUT2D eigenvalue weighted by Crippen LogP contribution is 2.33. The third-order valence-corrected chi connectivity index (χ3v) is 3.96. The van der Waals surface area contributed by atoms with Crippen LogP contribution in [0.1, 0.15) is 17.0 Å². The number of hydrogen-bond acceptors (Lipinski definition) is 5. The van der Waals surface area contributed by atoms with Gasteiger partial charge in [0.1, 0.15) is 5.75 Å². The van der Waals surface area contributed by atoms with E-state index in [-0.39, 0.29) is 5.84 Å². The summed E-state index contributed by atoms with van der Waals surface area (Å²) in [5.74, 6) is 0.846. The van der Waals surface area contributed by atoms with Crippen LogP contribution in [0.25, 0.3) is 0 Å². The van der Waals surface area contributed by atoms with Crippen molar-refractivity contribution in [1.29, 1.82) is 0 Å². The minimum atomic E-state index is 0.0606. The number of aryl methyl sites for hydroxylation is 2. The van der Waals surface area contributed by atoms with Crippen molar-refractivity contribution in [1.82, 2.24) is 4.98 Å². The fraction of sp³-hybridized carbons (Fsp3) is 0.200.